The molecule has 0 aromatic rings. The predicted octanol–water partition coefficient (Wildman–Crippen LogP) is 1.60. The highest BCUT2D eigenvalue weighted by atomic mass is 127. The van der Waals surface area contributed by atoms with E-state index >= 15 is 0 Å². The van der Waals surface area contributed by atoms with Crippen LogP contribution in [0, 0.1) is 0 Å². The van der Waals surface area contributed by atoms with E-state index in [-0.39, 0.29) is 0 Å². The highest BCUT2D eigenvalue weighted by Gasteiger charge is 1.77. The van der Waals surface area contributed by atoms with Gasteiger partial charge in [-0.2, -0.15) is 0 Å². The number of thiol groups is 1. The summed E-state index contributed by atoms with van der Waals surface area (Å²) in [5.41, 5.74) is 0. The second-order valence-electron chi connectivity index (χ2n) is 0.278. The predicted molar refractivity (Wildman–Crippen MR) is 27.9 cm³/mol. The monoisotopic (exact) mass is 192 g/mol. The molecule has 3 heteroatoms. The molecule has 0 N–H and O–H groups in total. The Kier molecular flexibility index (Phi) is 2.83. The summed E-state index contributed by atoms with van der Waals surface area (Å²) in [6.07, 6.45) is 0. The van der Waals surface area contributed by atoms with E-state index in [4.69, 9.17) is 0 Å². The summed E-state index contributed by atoms with van der Waals surface area (Å²) in [6, 6.07) is 0. The van der Waals surface area contributed by atoms with Gasteiger partial charge >= 0.3 is 0 Å². The van der Waals surface area contributed by atoms with Crippen LogP contribution in [0.5, 0.6) is 0 Å². The molecule has 0 amide bonds. The van der Waals surface area contributed by atoms with Gasteiger partial charge in [0.1, 0.15) is 0 Å². The Hall–Kier alpha value is 1.01. The smallest absolute Gasteiger partial charge is 0.193 e. The van der Waals surface area contributed by atoms with Crippen molar-refractivity contribution < 1.29 is 4.39 Å². The Morgan fingerprint density at radius 2 is 2.00 bits per heavy atom. The summed E-state index contributed by atoms with van der Waals surface area (Å²) in [6.45, 7) is 0. The van der Waals surface area contributed by atoms with Gasteiger partial charge in [-0.1, -0.05) is 0 Å². The van der Waals surface area contributed by atoms with Crippen LogP contribution in [0.3, 0.4) is 0 Å². The summed E-state index contributed by atoms with van der Waals surface area (Å²) in [5, 5.41) is 0. The molecule has 0 radical (unpaired) electrons. The first-order valence-corrected chi connectivity index (χ1v) is 2.46. The number of alkyl halides is 2. The molecule has 0 saturated carbocycles. The van der Waals surface area contributed by atoms with Gasteiger partial charge in [0, 0.05) is 0 Å². The molecule has 0 fully saturated rings. The van der Waals surface area contributed by atoms with Crippen LogP contribution >= 0.6 is 35.2 Å². The van der Waals surface area contributed by atoms with E-state index in [1.165, 1.54) is 0 Å². The maximum absolute atomic E-state index is 10.9. The van der Waals surface area contributed by atoms with Crippen LogP contribution in [0.15, 0.2) is 0 Å². The molecular weight excluding hydrogens is 190 g/mol. The van der Waals surface area contributed by atoms with E-state index in [1.54, 1.807) is 22.6 Å². The molecule has 0 heterocycles. The minimum Gasteiger partial charge on any atom is -0.224 e. The fraction of sp³-hybridized carbons (Fsp3) is 1.00. The van der Waals surface area contributed by atoms with Gasteiger partial charge in [-0.3, -0.25) is 0 Å². The Morgan fingerprint density at radius 3 is 2.00 bits per heavy atom. The van der Waals surface area contributed by atoms with Crippen molar-refractivity contribution in [3.63, 3.8) is 0 Å². The van der Waals surface area contributed by atoms with Crippen molar-refractivity contribution in [2.75, 3.05) is 0 Å². The molecule has 0 spiro atoms. The third kappa shape index (κ3) is 11.9. The van der Waals surface area contributed by atoms with E-state index in [9.17, 15) is 4.39 Å². The van der Waals surface area contributed by atoms with Crippen molar-refractivity contribution in [2.24, 2.45) is 0 Å². The molecule has 0 rings (SSSR count). The minimum absolute atomic E-state index is 1.00. The van der Waals surface area contributed by atoms with Gasteiger partial charge in [-0.15, -0.1) is 12.6 Å². The highest BCUT2D eigenvalue weighted by molar-refractivity contribution is 14.1. The van der Waals surface area contributed by atoms with Gasteiger partial charge in [-0.05, 0) is 22.6 Å². The quantitative estimate of drug-likeness (QED) is 0.336. The molecule has 26 valence electrons. The van der Waals surface area contributed by atoms with Crippen LogP contribution < -0.4 is 0 Å². The lowest BCUT2D eigenvalue weighted by Gasteiger charge is -1.71. The average molecular weight is 192 g/mol. The zero-order valence-corrected chi connectivity index (χ0v) is 4.83. The van der Waals surface area contributed by atoms with Crippen LogP contribution in [0.1, 0.15) is 0 Å². The van der Waals surface area contributed by atoms with Gasteiger partial charge < -0.3 is 0 Å². The van der Waals surface area contributed by atoms with Gasteiger partial charge in [0.05, 0.1) is 0 Å². The van der Waals surface area contributed by atoms with Crippen molar-refractivity contribution in [2.45, 2.75) is 3.51 Å². The lowest BCUT2D eigenvalue weighted by atomic mass is 11.8. The average Bonchev–Trinajstić information content (AvgIpc) is 0.811. The summed E-state index contributed by atoms with van der Waals surface area (Å²) in [5.74, 6) is 0. The summed E-state index contributed by atoms with van der Waals surface area (Å²) >= 11 is 4.83. The third-order valence-electron chi connectivity index (χ3n) is 0. The normalized spacial score (nSPS) is 15.8. The topological polar surface area (TPSA) is 0 Å². The van der Waals surface area contributed by atoms with Crippen molar-refractivity contribution >= 4 is 35.2 Å². The molecule has 1 atom stereocenters. The molecule has 0 bridgehead atoms. The van der Waals surface area contributed by atoms with Crippen LogP contribution in [0.25, 0.3) is 0 Å². The van der Waals surface area contributed by atoms with Crippen molar-refractivity contribution in [1.82, 2.24) is 0 Å². The second kappa shape index (κ2) is 2.26. The number of hydrogen-bond donors (Lipinski definition) is 1. The van der Waals surface area contributed by atoms with E-state index in [1.807, 2.05) is 0 Å². The van der Waals surface area contributed by atoms with Crippen LogP contribution in [-0.4, -0.2) is 3.51 Å². The highest BCUT2D eigenvalue weighted by Crippen LogP contribution is 2.03. The molecule has 0 aliphatic carbocycles. The first-order chi connectivity index (χ1) is 1.73. The molecule has 0 nitrogen and oxygen atoms in total. The Morgan fingerprint density at radius 1 is 2.00 bits per heavy atom. The second-order valence-corrected chi connectivity index (χ2v) is 2.81. The SMILES string of the molecule is FC(S)I. The van der Waals surface area contributed by atoms with E-state index in [0.717, 1.165) is 0 Å². The van der Waals surface area contributed by atoms with Crippen molar-refractivity contribution in [3.05, 3.63) is 0 Å². The number of hydrogen-bond acceptors (Lipinski definition) is 1. The fourth-order valence-corrected chi connectivity index (χ4v) is 0. The van der Waals surface area contributed by atoms with Crippen LogP contribution in [0.4, 0.5) is 4.39 Å². The zero-order valence-electron chi connectivity index (χ0n) is 1.78. The maximum Gasteiger partial charge on any atom is 0.193 e. The maximum atomic E-state index is 10.9. The summed E-state index contributed by atoms with van der Waals surface area (Å²) in [7, 11) is 0. The van der Waals surface area contributed by atoms with E-state index in [0.29, 0.717) is 0 Å². The molecule has 4 heavy (non-hydrogen) atoms. The molecular formula is CH2FIS. The Labute approximate surface area is 43.3 Å². The summed E-state index contributed by atoms with van der Waals surface area (Å²) in [4.78, 5) is 0. The molecule has 0 saturated heterocycles. The van der Waals surface area contributed by atoms with Gasteiger partial charge in [0.2, 0.25) is 0 Å². The summed E-state index contributed by atoms with van der Waals surface area (Å²) < 4.78 is 9.85. The zero-order chi connectivity index (χ0) is 3.58. The van der Waals surface area contributed by atoms with E-state index in [2.05, 4.69) is 12.6 Å². The first kappa shape index (κ1) is 5.01. The Bertz CT molecular complexity index is 12.8. The lowest BCUT2D eigenvalue weighted by molar-refractivity contribution is 0.589. The standard InChI is InChI=1S/CH2FIS/c2-1(3)4/h1,4H. The van der Waals surface area contributed by atoms with E-state index < -0.39 is 3.51 Å². The van der Waals surface area contributed by atoms with Crippen molar-refractivity contribution in [1.29, 1.82) is 0 Å². The van der Waals surface area contributed by atoms with Crippen LogP contribution in [-0.2, 0) is 0 Å². The van der Waals surface area contributed by atoms with Gasteiger partial charge in [0.15, 0.2) is 3.51 Å². The van der Waals surface area contributed by atoms with Gasteiger partial charge in [0.25, 0.3) is 0 Å². The van der Waals surface area contributed by atoms with Gasteiger partial charge in [-0.25, -0.2) is 4.39 Å². The lowest BCUT2D eigenvalue weighted by Crippen LogP contribution is -1.57. The number of rotatable bonds is 0. The fourth-order valence-electron chi connectivity index (χ4n) is 0. The molecule has 0 aliphatic heterocycles. The van der Waals surface area contributed by atoms with Crippen molar-refractivity contribution in [3.8, 4) is 0 Å². The third-order valence-corrected chi connectivity index (χ3v) is 0. The largest absolute Gasteiger partial charge is 0.224 e. The molecule has 0 aromatic heterocycles. The Balaban J connectivity index is 2.32. The van der Waals surface area contributed by atoms with Crippen LogP contribution in [0.2, 0.25) is 0 Å². The first-order valence-electron chi connectivity index (χ1n) is 0.695. The molecule has 0 aromatic carbocycles. The minimum atomic E-state index is -1.00. The molecule has 1 unspecified atom stereocenters. The number of halogens is 2. The molecule has 0 aliphatic rings.